The van der Waals surface area contributed by atoms with Crippen LogP contribution in [-0.4, -0.2) is 49.9 Å². The van der Waals surface area contributed by atoms with Gasteiger partial charge in [0.1, 0.15) is 5.75 Å². The van der Waals surface area contributed by atoms with Gasteiger partial charge in [-0.2, -0.15) is 0 Å². The van der Waals surface area contributed by atoms with Gasteiger partial charge in [-0.25, -0.2) is 0 Å². The Morgan fingerprint density at radius 2 is 1.94 bits per heavy atom. The molecular weight excluding hydrogens is 347 g/mol. The van der Waals surface area contributed by atoms with Crippen LogP contribution in [0.5, 0.6) is 5.75 Å². The summed E-state index contributed by atoms with van der Waals surface area (Å²) in [4.78, 5) is 3.28. The maximum Gasteiger partial charge on any atom is 0.312 e. The van der Waals surface area contributed by atoms with Crippen molar-refractivity contribution in [3.05, 3.63) is 24.3 Å². The second kappa shape index (κ2) is 7.81. The summed E-state index contributed by atoms with van der Waals surface area (Å²) in [7, 11) is 9.86. The maximum atomic E-state index is 5.21. The van der Waals surface area contributed by atoms with Crippen molar-refractivity contribution in [3.8, 4) is 5.75 Å². The van der Waals surface area contributed by atoms with Gasteiger partial charge >= 0.3 is 5.17 Å². The monoisotopic (exact) mass is 366 g/mol. The van der Waals surface area contributed by atoms with Crippen molar-refractivity contribution in [3.63, 3.8) is 0 Å². The highest BCUT2D eigenvalue weighted by Crippen LogP contribution is 2.24. The fourth-order valence-corrected chi connectivity index (χ4v) is 2.25. The van der Waals surface area contributed by atoms with Crippen LogP contribution in [0.3, 0.4) is 0 Å². The second-order valence-corrected chi connectivity index (χ2v) is 4.89. The van der Waals surface area contributed by atoms with Gasteiger partial charge in [0, 0.05) is 4.90 Å². The molecule has 3 nitrogen and oxygen atoms in total. The van der Waals surface area contributed by atoms with E-state index >= 15 is 0 Å². The van der Waals surface area contributed by atoms with Crippen molar-refractivity contribution in [1.82, 2.24) is 4.90 Å². The average Bonchev–Trinajstić information content (AvgIpc) is 2.25. The van der Waals surface area contributed by atoms with Gasteiger partial charge in [0.15, 0.2) is 0 Å². The average molecular weight is 366 g/mol. The third kappa shape index (κ3) is 5.16. The first-order chi connectivity index (χ1) is 7.54. The zero-order chi connectivity index (χ0) is 12.1. The molecule has 0 heterocycles. The molecule has 96 valence electrons. The van der Waals surface area contributed by atoms with Gasteiger partial charge in [-0.1, -0.05) is 6.07 Å². The molecule has 1 aromatic carbocycles. The Kier molecular flexibility index (Phi) is 7.61. The van der Waals surface area contributed by atoms with Crippen LogP contribution in [0.1, 0.15) is 0 Å². The zero-order valence-corrected chi connectivity index (χ0v) is 13.9. The highest BCUT2D eigenvalue weighted by atomic mass is 127. The third-order valence-electron chi connectivity index (χ3n) is 2.02. The number of hydrogen-bond donors (Lipinski definition) is 0. The van der Waals surface area contributed by atoms with Crippen molar-refractivity contribution < 1.29 is 33.3 Å². The summed E-state index contributed by atoms with van der Waals surface area (Å²) in [6.45, 7) is 0. The minimum Gasteiger partial charge on any atom is -1.00 e. The van der Waals surface area contributed by atoms with E-state index in [1.807, 2.05) is 46.4 Å². The molecule has 0 aromatic heterocycles. The van der Waals surface area contributed by atoms with Crippen molar-refractivity contribution in [1.29, 1.82) is 0 Å². The summed E-state index contributed by atoms with van der Waals surface area (Å²) in [6.07, 6.45) is 0. The normalized spacial score (nSPS) is 9.24. The fourth-order valence-electron chi connectivity index (χ4n) is 1.35. The first-order valence-electron chi connectivity index (χ1n) is 5.08. The van der Waals surface area contributed by atoms with E-state index < -0.39 is 0 Å². The van der Waals surface area contributed by atoms with Gasteiger partial charge in [0.2, 0.25) is 0 Å². The van der Waals surface area contributed by atoms with Crippen LogP contribution in [0.15, 0.2) is 29.2 Å². The number of thioether (sulfide) groups is 1. The first kappa shape index (κ1) is 16.6. The standard InChI is InChI=1S/C12H19N2OS.HI/c1-13(2)12(14(3)4)16-11-8-6-7-10(9-11)15-5;/h6-9H,1-5H3;1H/q+1;/p-1. The molecule has 0 bridgehead atoms. The summed E-state index contributed by atoms with van der Waals surface area (Å²) in [6, 6.07) is 8.08. The number of halogens is 1. The summed E-state index contributed by atoms with van der Waals surface area (Å²) in [5, 5.41) is 1.19. The molecule has 0 saturated heterocycles. The highest BCUT2D eigenvalue weighted by molar-refractivity contribution is 8.13. The molecule has 0 spiro atoms. The van der Waals surface area contributed by atoms with E-state index in [1.165, 1.54) is 10.1 Å². The number of rotatable bonds is 2. The molecule has 0 N–H and O–H groups in total. The van der Waals surface area contributed by atoms with Crippen molar-refractivity contribution in [2.75, 3.05) is 35.3 Å². The summed E-state index contributed by atoms with van der Waals surface area (Å²) in [5.74, 6) is 0.891. The Morgan fingerprint density at radius 3 is 2.41 bits per heavy atom. The molecule has 0 unspecified atom stereocenters. The molecule has 0 amide bonds. The van der Waals surface area contributed by atoms with Crippen molar-refractivity contribution >= 4 is 16.9 Å². The van der Waals surface area contributed by atoms with Gasteiger partial charge in [-0.05, 0) is 30.0 Å². The lowest BCUT2D eigenvalue weighted by Gasteiger charge is -2.10. The van der Waals surface area contributed by atoms with Gasteiger partial charge in [-0.15, -0.1) is 0 Å². The predicted octanol–water partition coefficient (Wildman–Crippen LogP) is -1.02. The number of nitrogens with zero attached hydrogens (tertiary/aromatic N) is 2. The lowest BCUT2D eigenvalue weighted by molar-refractivity contribution is -0.466. The Hall–Kier alpha value is -0.430. The number of ether oxygens (including phenoxy) is 1. The molecule has 1 rings (SSSR count). The molecule has 1 aromatic rings. The Bertz CT molecular complexity index is 390. The quantitative estimate of drug-likeness (QED) is 0.219. The number of benzene rings is 1. The fraction of sp³-hybridized carbons (Fsp3) is 0.417. The predicted molar refractivity (Wildman–Crippen MR) is 69.7 cm³/mol. The number of methoxy groups -OCH3 is 1. The smallest absolute Gasteiger partial charge is 0.312 e. The highest BCUT2D eigenvalue weighted by Gasteiger charge is 2.13. The minimum atomic E-state index is 0. The molecule has 0 saturated carbocycles. The number of amidine groups is 1. The van der Waals surface area contributed by atoms with Crippen LogP contribution in [0.2, 0.25) is 0 Å². The topological polar surface area (TPSA) is 15.5 Å². The summed E-state index contributed by atoms with van der Waals surface area (Å²) >= 11 is 1.72. The van der Waals surface area contributed by atoms with Crippen molar-refractivity contribution in [2.45, 2.75) is 4.90 Å². The van der Waals surface area contributed by atoms with E-state index in [1.54, 1.807) is 18.9 Å². The van der Waals surface area contributed by atoms with Crippen LogP contribution in [0, 0.1) is 0 Å². The summed E-state index contributed by atoms with van der Waals surface area (Å²) < 4.78 is 7.31. The van der Waals surface area contributed by atoms with Crippen LogP contribution in [0.4, 0.5) is 0 Å². The van der Waals surface area contributed by atoms with Crippen LogP contribution in [-0.2, 0) is 0 Å². The van der Waals surface area contributed by atoms with E-state index in [0.717, 1.165) is 5.75 Å². The van der Waals surface area contributed by atoms with E-state index in [2.05, 4.69) is 15.5 Å². The maximum absolute atomic E-state index is 5.21. The number of hydrogen-bond acceptors (Lipinski definition) is 2. The molecule has 0 aliphatic heterocycles. The van der Waals surface area contributed by atoms with Gasteiger partial charge in [0.05, 0.1) is 35.3 Å². The second-order valence-electron chi connectivity index (χ2n) is 3.85. The molecule has 5 heteroatoms. The molecule has 0 radical (unpaired) electrons. The SMILES string of the molecule is COc1cccc(SC(N(C)C)=[N+](C)C)c1.[I-]. The van der Waals surface area contributed by atoms with Gasteiger partial charge in [-0.3, -0.25) is 9.48 Å². The van der Waals surface area contributed by atoms with E-state index in [-0.39, 0.29) is 24.0 Å². The Morgan fingerprint density at radius 1 is 1.29 bits per heavy atom. The first-order valence-corrected chi connectivity index (χ1v) is 5.89. The molecule has 0 aliphatic rings. The van der Waals surface area contributed by atoms with Gasteiger partial charge < -0.3 is 28.7 Å². The van der Waals surface area contributed by atoms with Crippen LogP contribution >= 0.6 is 11.8 Å². The zero-order valence-electron chi connectivity index (χ0n) is 10.9. The molecule has 0 aliphatic carbocycles. The minimum absolute atomic E-state index is 0. The lowest BCUT2D eigenvalue weighted by Crippen LogP contribution is -3.00. The Balaban J connectivity index is 0.00000256. The molecule has 0 fully saturated rings. The van der Waals surface area contributed by atoms with Gasteiger partial charge in [0.25, 0.3) is 0 Å². The molecular formula is C12H19IN2OS. The van der Waals surface area contributed by atoms with E-state index in [0.29, 0.717) is 0 Å². The third-order valence-corrected chi connectivity index (χ3v) is 3.42. The van der Waals surface area contributed by atoms with E-state index in [9.17, 15) is 0 Å². The Labute approximate surface area is 125 Å². The van der Waals surface area contributed by atoms with Crippen LogP contribution < -0.4 is 28.7 Å². The molecule has 17 heavy (non-hydrogen) atoms. The molecule has 0 atom stereocenters. The lowest BCUT2D eigenvalue weighted by atomic mass is 10.3. The van der Waals surface area contributed by atoms with Crippen molar-refractivity contribution in [2.24, 2.45) is 0 Å². The largest absolute Gasteiger partial charge is 1.00 e. The summed E-state index contributed by atoms with van der Waals surface area (Å²) in [5.41, 5.74) is 0. The van der Waals surface area contributed by atoms with E-state index in [4.69, 9.17) is 4.74 Å². The van der Waals surface area contributed by atoms with Crippen LogP contribution in [0.25, 0.3) is 0 Å².